The number of unbranched alkanes of at least 4 members (excludes halogenated alkanes) is 5. The van der Waals surface area contributed by atoms with Crippen molar-refractivity contribution in [1.29, 1.82) is 0 Å². The summed E-state index contributed by atoms with van der Waals surface area (Å²) in [5, 5.41) is 104. The van der Waals surface area contributed by atoms with Gasteiger partial charge in [0.1, 0.15) is 66.6 Å². The van der Waals surface area contributed by atoms with E-state index in [1.165, 1.54) is 42.2 Å². The highest BCUT2D eigenvalue weighted by atomic mass is 32.2. The molecule has 12 amide bonds. The Labute approximate surface area is 625 Å². The summed E-state index contributed by atoms with van der Waals surface area (Å²) in [5.41, 5.74) is 0.549. The summed E-state index contributed by atoms with van der Waals surface area (Å²) in [6.45, 7) is 15.7. The highest BCUT2D eigenvalue weighted by Crippen LogP contribution is 2.28. The number of hydrogen-bond acceptors (Lipinski definition) is 20. The van der Waals surface area contributed by atoms with Crippen molar-refractivity contribution in [3.63, 3.8) is 0 Å². The van der Waals surface area contributed by atoms with Gasteiger partial charge in [-0.05, 0) is 87.4 Å². The minimum Gasteiger partial charge on any atom is -0.391 e. The number of thioether (sulfide) groups is 1. The Morgan fingerprint density at radius 3 is 2.00 bits per heavy atom. The zero-order valence-electron chi connectivity index (χ0n) is 62.3. The van der Waals surface area contributed by atoms with E-state index in [9.17, 15) is 88.5 Å². The average molecular weight is 1510 g/mol. The maximum Gasteiger partial charge on any atom is 0.248 e. The molecule has 4 aliphatic rings. The lowest BCUT2D eigenvalue weighted by atomic mass is 9.91. The minimum absolute atomic E-state index is 0.0408. The molecule has 31 nitrogen and oxygen atoms in total. The van der Waals surface area contributed by atoms with E-state index in [1.54, 1.807) is 37.3 Å². The third-order valence-corrected chi connectivity index (χ3v) is 20.6. The van der Waals surface area contributed by atoms with E-state index in [2.05, 4.69) is 81.8 Å². The number of allylic oxidation sites excluding steroid dienone is 2. The third-order valence-electron chi connectivity index (χ3n) is 20.0. The second-order valence-corrected chi connectivity index (χ2v) is 29.6. The summed E-state index contributed by atoms with van der Waals surface area (Å²) in [6, 6.07) is -6.39. The summed E-state index contributed by atoms with van der Waals surface area (Å²) >= 11 is 1.47. The van der Waals surface area contributed by atoms with Crippen molar-refractivity contribution in [2.45, 2.75) is 260 Å². The second kappa shape index (κ2) is 44.4. The van der Waals surface area contributed by atoms with Gasteiger partial charge in [-0.2, -0.15) is 11.8 Å². The SMILES string of the molecule is C=C/C=C(\C=C)[C@H](O)[C@@H](O)[C@@H]1NC(=O)[C@@H]2C[C@@H](O)CN2C(=O)[C@H]([C@@H](C)O)NC(=O)[C@@H](NC(=O)CCCCCCCC[C@@H](C)C[C@@H](C)CC)C[C@@H](O)CNC(=O)[C@@H]2[C@@H](O)CCN2C(=O)[C@H]([C@H](O)CCNC(=O)CCNC(=O)[C@H](Cc2ccccc2)N2C(=O)[C@@H](NC(=O)[C@H](CCSC)NC(C)=O)CC2C)NC1=O. The van der Waals surface area contributed by atoms with Crippen molar-refractivity contribution in [2.75, 3.05) is 44.7 Å². The Kier molecular flexibility index (Phi) is 37.2. The van der Waals surface area contributed by atoms with Crippen LogP contribution in [-0.2, 0) is 64.0 Å². The first-order valence-electron chi connectivity index (χ1n) is 37.1. The van der Waals surface area contributed by atoms with Gasteiger partial charge in [0.2, 0.25) is 70.9 Å². The Morgan fingerprint density at radius 2 is 1.35 bits per heavy atom. The Bertz CT molecular complexity index is 3190. The van der Waals surface area contributed by atoms with Crippen LogP contribution < -0.4 is 47.9 Å². The molecule has 0 radical (unpaired) electrons. The first-order chi connectivity index (χ1) is 50.3. The van der Waals surface area contributed by atoms with E-state index in [0.29, 0.717) is 42.4 Å². The fourth-order valence-corrected chi connectivity index (χ4v) is 14.4. The van der Waals surface area contributed by atoms with Gasteiger partial charge in [0.15, 0.2) is 0 Å². The van der Waals surface area contributed by atoms with Crippen LogP contribution in [0.1, 0.15) is 156 Å². The van der Waals surface area contributed by atoms with E-state index >= 15 is 4.79 Å². The first-order valence-corrected chi connectivity index (χ1v) is 38.5. The van der Waals surface area contributed by atoms with Crippen molar-refractivity contribution in [1.82, 2.24) is 62.6 Å². The fourth-order valence-electron chi connectivity index (χ4n) is 13.9. The third kappa shape index (κ3) is 26.8. The number of hydrogen-bond donors (Lipinski definition) is 16. The molecule has 4 heterocycles. The standard InChI is InChI=1S/C74H116N12O19S/c1-10-22-48(12-3)64(95)65(96)62-70(101)82-61(56(91)27-31-75-58(93)28-32-76-68(99)55(37-47-24-19-17-20-25-47)86-44(6)36-53(72(86)103)80-66(97)51(30-34-106-9)78-46(8)88)74(105)84-33-29-57(92)63(84)71(102)77-40-49(89)38-52(79-59(94)26-21-16-14-13-15-18-23-43(5)35-42(4)11-2)67(98)81-60(45(7)87)73(104)85-41-50(90)39-54(85)69(100)83-62/h10,12,17,19-20,22,24-25,42-45,49-57,60-65,87,89-92,95-96H,1,3,11,13-16,18,21,23,26-41H2,2,4-9H3,(H,75,93)(H,76,99)(H,77,102)(H,78,88)(H,79,94)(H,80,97)(H,81,98)(H,82,101)(H,83,100)/b48-22+/t42-,43+,44?,45+,49+,50+,51-,52-,53-,54-,55-,56+,57-,60-,61-,62-,63-,64-,65-/m0/s1. The molecule has 4 fully saturated rings. The van der Waals surface area contributed by atoms with Crippen LogP contribution in [0.4, 0.5) is 0 Å². The van der Waals surface area contributed by atoms with Crippen LogP contribution in [0.25, 0.3) is 0 Å². The molecule has 0 aromatic heterocycles. The summed E-state index contributed by atoms with van der Waals surface area (Å²) in [5.74, 6) is -8.89. The predicted molar refractivity (Wildman–Crippen MR) is 395 cm³/mol. The Balaban J connectivity index is 1.40. The molecule has 1 unspecified atom stereocenters. The maximum atomic E-state index is 15.1. The number of likely N-dealkylation sites (tertiary alicyclic amines) is 1. The van der Waals surface area contributed by atoms with E-state index in [0.717, 1.165) is 61.3 Å². The lowest BCUT2D eigenvalue weighted by molar-refractivity contribution is -0.147. The number of benzene rings is 1. The van der Waals surface area contributed by atoms with Crippen molar-refractivity contribution in [3.8, 4) is 0 Å². The molecule has 4 saturated heterocycles. The van der Waals surface area contributed by atoms with Gasteiger partial charge in [0.05, 0.1) is 30.5 Å². The van der Waals surface area contributed by atoms with Crippen molar-refractivity contribution in [3.05, 3.63) is 72.9 Å². The molecule has 16 N–H and O–H groups in total. The lowest BCUT2D eigenvalue weighted by Gasteiger charge is -2.34. The summed E-state index contributed by atoms with van der Waals surface area (Å²) in [4.78, 5) is 172. The first kappa shape index (κ1) is 88.8. The average Bonchev–Trinajstić information content (AvgIpc) is 1.63. The monoisotopic (exact) mass is 1510 g/mol. The van der Waals surface area contributed by atoms with Crippen LogP contribution >= 0.6 is 11.8 Å². The van der Waals surface area contributed by atoms with E-state index < -0.39 is 219 Å². The maximum absolute atomic E-state index is 15.1. The number of carbonyl (C=O) groups excluding carboxylic acids is 12. The second-order valence-electron chi connectivity index (χ2n) is 28.6. The van der Waals surface area contributed by atoms with Gasteiger partial charge >= 0.3 is 0 Å². The molecule has 4 aliphatic heterocycles. The molecule has 19 atom stereocenters. The zero-order valence-corrected chi connectivity index (χ0v) is 63.1. The van der Waals surface area contributed by atoms with Crippen LogP contribution in [0.5, 0.6) is 0 Å². The van der Waals surface area contributed by atoms with E-state index in [4.69, 9.17) is 0 Å². The Morgan fingerprint density at radius 1 is 0.689 bits per heavy atom. The molecule has 0 spiro atoms. The van der Waals surface area contributed by atoms with Gasteiger partial charge in [-0.25, -0.2) is 0 Å². The van der Waals surface area contributed by atoms with Crippen LogP contribution in [0.15, 0.2) is 67.3 Å². The Hall–Kier alpha value is -7.85. The largest absolute Gasteiger partial charge is 0.391 e. The van der Waals surface area contributed by atoms with Gasteiger partial charge in [0, 0.05) is 77.8 Å². The number of fused-ring (bicyclic) bond motifs is 2. The number of aliphatic hydroxyl groups is 7. The van der Waals surface area contributed by atoms with Gasteiger partial charge in [0.25, 0.3) is 0 Å². The number of nitrogens with one attached hydrogen (secondary N) is 9. The quantitative estimate of drug-likeness (QED) is 0.0273. The highest BCUT2D eigenvalue weighted by Gasteiger charge is 2.50. The molecule has 0 bridgehead atoms. The fraction of sp³-hybridized carbons (Fsp3) is 0.676. The molecule has 1 aromatic rings. The lowest BCUT2D eigenvalue weighted by Crippen LogP contribution is -2.65. The number of carbonyl (C=O) groups is 12. The van der Waals surface area contributed by atoms with Gasteiger partial charge in [-0.3, -0.25) is 57.5 Å². The van der Waals surface area contributed by atoms with Gasteiger partial charge in [-0.1, -0.05) is 127 Å². The van der Waals surface area contributed by atoms with Crippen molar-refractivity contribution < 1.29 is 93.3 Å². The number of nitrogens with zero attached hydrogens (tertiary/aromatic N) is 3. The smallest absolute Gasteiger partial charge is 0.248 e. The predicted octanol–water partition coefficient (Wildman–Crippen LogP) is -1.33. The number of β-amino-alcohol motifs (C(OH)–C–C–N with tert-alkyl or cyclic N) is 1. The summed E-state index contributed by atoms with van der Waals surface area (Å²) in [7, 11) is 0. The molecule has 0 saturated carbocycles. The summed E-state index contributed by atoms with van der Waals surface area (Å²) in [6.07, 6.45) is -0.984. The van der Waals surface area contributed by atoms with Crippen molar-refractivity contribution >= 4 is 82.6 Å². The van der Waals surface area contributed by atoms with E-state index in [-0.39, 0.29) is 44.2 Å². The van der Waals surface area contributed by atoms with Crippen LogP contribution in [0, 0.1) is 11.8 Å². The molecular formula is C74H116N12O19S. The topological polar surface area (TPSA) is 464 Å². The summed E-state index contributed by atoms with van der Waals surface area (Å²) < 4.78 is 0. The van der Waals surface area contributed by atoms with Crippen LogP contribution in [0.2, 0.25) is 0 Å². The molecule has 592 valence electrons. The van der Waals surface area contributed by atoms with Crippen LogP contribution in [-0.4, -0.2) is 269 Å². The zero-order chi connectivity index (χ0) is 78.5. The molecule has 5 rings (SSSR count). The van der Waals surface area contributed by atoms with Crippen LogP contribution in [0.3, 0.4) is 0 Å². The van der Waals surface area contributed by atoms with E-state index in [1.807, 2.05) is 6.26 Å². The van der Waals surface area contributed by atoms with Crippen molar-refractivity contribution in [2.24, 2.45) is 11.8 Å². The van der Waals surface area contributed by atoms with Gasteiger partial charge < -0.3 is 98.3 Å². The number of rotatable bonds is 36. The normalized spacial score (nSPS) is 26.0. The van der Waals surface area contributed by atoms with Gasteiger partial charge in [-0.15, -0.1) is 0 Å². The number of amides is 12. The number of aliphatic hydroxyl groups excluding tert-OH is 7. The minimum atomic E-state index is -2.38. The highest BCUT2D eigenvalue weighted by molar-refractivity contribution is 7.98. The molecule has 0 aliphatic carbocycles. The molecular weight excluding hydrogens is 1390 g/mol. The molecule has 1 aromatic carbocycles. The molecule has 32 heteroatoms. The molecule has 106 heavy (non-hydrogen) atoms.